The Hall–Kier alpha value is -3.11. The molecule has 0 aliphatic rings. The van der Waals surface area contributed by atoms with Crippen LogP contribution >= 0.6 is 11.6 Å². The second kappa shape index (κ2) is 9.20. The van der Waals surface area contributed by atoms with Gasteiger partial charge in [-0.1, -0.05) is 35.4 Å². The first-order valence-corrected chi connectivity index (χ1v) is 9.27. The summed E-state index contributed by atoms with van der Waals surface area (Å²) >= 11 is 6.11. The Bertz CT molecular complexity index is 980. The lowest BCUT2D eigenvalue weighted by Crippen LogP contribution is -2.20. The Morgan fingerprint density at radius 1 is 1.04 bits per heavy atom. The fourth-order valence-corrected chi connectivity index (χ4v) is 2.62. The highest BCUT2D eigenvalue weighted by Gasteiger charge is 2.04. The minimum absolute atomic E-state index is 0.0524. The molecule has 0 unspecified atom stereocenters. The number of rotatable bonds is 6. The third kappa shape index (κ3) is 5.69. The predicted molar refractivity (Wildman–Crippen MR) is 115 cm³/mol. The minimum atomic E-state index is -0.203. The number of halogens is 1. The van der Waals surface area contributed by atoms with Crippen molar-refractivity contribution < 1.29 is 9.53 Å². The van der Waals surface area contributed by atoms with Gasteiger partial charge in [-0.05, 0) is 73.5 Å². The van der Waals surface area contributed by atoms with Crippen molar-refractivity contribution in [3.8, 4) is 5.75 Å². The molecule has 3 rings (SSSR count). The molecule has 0 saturated carbocycles. The summed E-state index contributed by atoms with van der Waals surface area (Å²) in [5, 5.41) is 3.50. The number of hydrogen-bond donors (Lipinski definition) is 1. The van der Waals surface area contributed by atoms with Gasteiger partial charge in [0.25, 0.3) is 5.91 Å². The van der Waals surface area contributed by atoms with Gasteiger partial charge in [0.05, 0.1) is 5.69 Å². The van der Waals surface area contributed by atoms with Gasteiger partial charge >= 0.3 is 0 Å². The molecular weight excluding hydrogens is 372 g/mol. The lowest BCUT2D eigenvalue weighted by atomic mass is 10.2. The monoisotopic (exact) mass is 392 g/mol. The quantitative estimate of drug-likeness (QED) is 0.545. The predicted octanol–water partition coefficient (Wildman–Crippen LogP) is 5.72. The van der Waals surface area contributed by atoms with E-state index in [1.807, 2.05) is 80.6 Å². The number of anilines is 1. The molecule has 0 bridgehead atoms. The van der Waals surface area contributed by atoms with Crippen molar-refractivity contribution in [2.45, 2.75) is 13.8 Å². The van der Waals surface area contributed by atoms with Gasteiger partial charge in [0.15, 0.2) is 6.61 Å². The zero-order valence-corrected chi connectivity index (χ0v) is 16.5. The summed E-state index contributed by atoms with van der Waals surface area (Å²) in [6.45, 7) is 3.90. The molecule has 0 saturated heterocycles. The van der Waals surface area contributed by atoms with Crippen molar-refractivity contribution in [2.24, 2.45) is 4.99 Å². The molecule has 28 heavy (non-hydrogen) atoms. The maximum atomic E-state index is 12.0. The van der Waals surface area contributed by atoms with Crippen molar-refractivity contribution in [3.63, 3.8) is 0 Å². The van der Waals surface area contributed by atoms with E-state index in [9.17, 15) is 4.79 Å². The Morgan fingerprint density at radius 2 is 1.75 bits per heavy atom. The van der Waals surface area contributed by atoms with Crippen molar-refractivity contribution >= 4 is 35.1 Å². The molecule has 4 nitrogen and oxygen atoms in total. The third-order valence-corrected chi connectivity index (χ3v) is 4.51. The highest BCUT2D eigenvalue weighted by atomic mass is 35.5. The summed E-state index contributed by atoms with van der Waals surface area (Å²) in [6.07, 6.45) is 1.76. The number of nitrogens with one attached hydrogen (secondary N) is 1. The molecule has 1 amide bonds. The van der Waals surface area contributed by atoms with E-state index in [-0.39, 0.29) is 12.5 Å². The molecule has 3 aromatic carbocycles. The van der Waals surface area contributed by atoms with E-state index in [2.05, 4.69) is 10.3 Å². The topological polar surface area (TPSA) is 50.7 Å². The molecule has 0 fully saturated rings. The SMILES string of the molecule is Cc1ccc(NC(=O)COc2ccc(C=Nc3ccc(C)c(Cl)c3)cc2)cc1. The maximum absolute atomic E-state index is 12.0. The fourth-order valence-electron chi connectivity index (χ4n) is 2.44. The maximum Gasteiger partial charge on any atom is 0.262 e. The van der Waals surface area contributed by atoms with Gasteiger partial charge in [0, 0.05) is 16.9 Å². The standard InChI is InChI=1S/C23H21ClN2O2/c1-16-3-8-19(9-4-16)26-23(27)15-28-21-11-6-18(7-12-21)14-25-20-10-5-17(2)22(24)13-20/h3-14H,15H2,1-2H3,(H,26,27). The smallest absolute Gasteiger partial charge is 0.262 e. The van der Waals surface area contributed by atoms with Crippen LogP contribution in [-0.4, -0.2) is 18.7 Å². The molecule has 0 heterocycles. The van der Waals surface area contributed by atoms with Crippen molar-refractivity contribution in [1.82, 2.24) is 0 Å². The van der Waals surface area contributed by atoms with Crippen LogP contribution in [0, 0.1) is 13.8 Å². The van der Waals surface area contributed by atoms with Crippen LogP contribution in [0.1, 0.15) is 16.7 Å². The molecule has 5 heteroatoms. The first kappa shape index (κ1) is 19.6. The lowest BCUT2D eigenvalue weighted by molar-refractivity contribution is -0.118. The summed E-state index contributed by atoms with van der Waals surface area (Å²) in [5.41, 5.74) is 4.63. The van der Waals surface area contributed by atoms with E-state index >= 15 is 0 Å². The van der Waals surface area contributed by atoms with E-state index in [0.717, 1.165) is 28.1 Å². The van der Waals surface area contributed by atoms with Crippen LogP contribution in [0.4, 0.5) is 11.4 Å². The highest BCUT2D eigenvalue weighted by molar-refractivity contribution is 6.31. The zero-order chi connectivity index (χ0) is 19.9. The summed E-state index contributed by atoms with van der Waals surface area (Å²) in [5.74, 6) is 0.417. The molecule has 0 atom stereocenters. The molecule has 0 radical (unpaired) electrons. The van der Waals surface area contributed by atoms with Crippen LogP contribution in [-0.2, 0) is 4.79 Å². The molecule has 142 valence electrons. The van der Waals surface area contributed by atoms with Gasteiger partial charge in [-0.3, -0.25) is 9.79 Å². The number of benzene rings is 3. The van der Waals surface area contributed by atoms with Crippen LogP contribution in [0.5, 0.6) is 5.75 Å². The van der Waals surface area contributed by atoms with Gasteiger partial charge in [-0.15, -0.1) is 0 Å². The van der Waals surface area contributed by atoms with E-state index in [4.69, 9.17) is 16.3 Å². The van der Waals surface area contributed by atoms with E-state index in [1.54, 1.807) is 6.21 Å². The Labute approximate surface area is 169 Å². The van der Waals surface area contributed by atoms with E-state index < -0.39 is 0 Å². The third-order valence-electron chi connectivity index (χ3n) is 4.10. The Balaban J connectivity index is 1.52. The Kier molecular flexibility index (Phi) is 6.45. The van der Waals surface area contributed by atoms with Crippen LogP contribution < -0.4 is 10.1 Å². The first-order chi connectivity index (χ1) is 13.5. The second-order valence-corrected chi connectivity index (χ2v) is 6.87. The average Bonchev–Trinajstić information content (AvgIpc) is 2.70. The number of nitrogens with zero attached hydrogens (tertiary/aromatic N) is 1. The average molecular weight is 393 g/mol. The van der Waals surface area contributed by atoms with Gasteiger partial charge < -0.3 is 10.1 Å². The fraction of sp³-hybridized carbons (Fsp3) is 0.130. The van der Waals surface area contributed by atoms with Gasteiger partial charge in [0.1, 0.15) is 5.75 Å². The number of carbonyl (C=O) groups is 1. The van der Waals surface area contributed by atoms with Crippen molar-refractivity contribution in [3.05, 3.63) is 88.4 Å². The van der Waals surface area contributed by atoms with Crippen molar-refractivity contribution in [1.29, 1.82) is 0 Å². The van der Waals surface area contributed by atoms with Crippen LogP contribution in [0.15, 0.2) is 71.7 Å². The molecule has 1 N–H and O–H groups in total. The normalized spacial score (nSPS) is 10.8. The number of ether oxygens (including phenoxy) is 1. The second-order valence-electron chi connectivity index (χ2n) is 6.46. The van der Waals surface area contributed by atoms with Gasteiger partial charge in [0.2, 0.25) is 0 Å². The molecule has 0 aliphatic heterocycles. The largest absolute Gasteiger partial charge is 0.484 e. The summed E-state index contributed by atoms with van der Waals surface area (Å²) in [4.78, 5) is 16.4. The molecule has 0 aromatic heterocycles. The minimum Gasteiger partial charge on any atom is -0.484 e. The number of carbonyl (C=O) groups excluding carboxylic acids is 1. The van der Waals surface area contributed by atoms with Crippen LogP contribution in [0.2, 0.25) is 5.02 Å². The number of hydrogen-bond acceptors (Lipinski definition) is 3. The number of aliphatic imine (C=N–C) groups is 1. The highest BCUT2D eigenvalue weighted by Crippen LogP contribution is 2.22. The van der Waals surface area contributed by atoms with Crippen LogP contribution in [0.3, 0.4) is 0 Å². The van der Waals surface area contributed by atoms with E-state index in [0.29, 0.717) is 10.8 Å². The van der Waals surface area contributed by atoms with Crippen LogP contribution in [0.25, 0.3) is 0 Å². The molecule has 0 spiro atoms. The lowest BCUT2D eigenvalue weighted by Gasteiger charge is -2.08. The van der Waals surface area contributed by atoms with E-state index in [1.165, 1.54) is 0 Å². The molecule has 3 aromatic rings. The molecular formula is C23H21ClN2O2. The zero-order valence-electron chi connectivity index (χ0n) is 15.8. The van der Waals surface area contributed by atoms with Gasteiger partial charge in [-0.2, -0.15) is 0 Å². The Morgan fingerprint density at radius 3 is 2.43 bits per heavy atom. The first-order valence-electron chi connectivity index (χ1n) is 8.89. The summed E-state index contributed by atoms with van der Waals surface area (Å²) in [6, 6.07) is 20.7. The number of amides is 1. The molecule has 0 aliphatic carbocycles. The summed E-state index contributed by atoms with van der Waals surface area (Å²) < 4.78 is 5.54. The van der Waals surface area contributed by atoms with Gasteiger partial charge in [-0.25, -0.2) is 0 Å². The van der Waals surface area contributed by atoms with Crippen molar-refractivity contribution in [2.75, 3.05) is 11.9 Å². The number of aryl methyl sites for hydroxylation is 2. The summed E-state index contributed by atoms with van der Waals surface area (Å²) in [7, 11) is 0.